The lowest BCUT2D eigenvalue weighted by Gasteiger charge is -2.06. The van der Waals surface area contributed by atoms with Gasteiger partial charge in [0, 0.05) is 21.3 Å². The molecule has 0 aromatic heterocycles. The first-order valence-corrected chi connectivity index (χ1v) is 11.2. The van der Waals surface area contributed by atoms with Crippen molar-refractivity contribution in [3.05, 3.63) is 29.8 Å². The van der Waals surface area contributed by atoms with Crippen molar-refractivity contribution in [2.45, 2.75) is 58.3 Å². The van der Waals surface area contributed by atoms with E-state index in [1.54, 1.807) is 33.5 Å². The van der Waals surface area contributed by atoms with E-state index in [4.69, 9.17) is 14.3 Å². The maximum absolute atomic E-state index is 8.74. The molecule has 152 valence electrons. The number of aryl methyl sites for hydroxylation is 1. The molecule has 0 aliphatic carbocycles. The summed E-state index contributed by atoms with van der Waals surface area (Å²) in [6, 6.07) is 7.56. The van der Waals surface area contributed by atoms with Gasteiger partial charge in [-0.05, 0) is 30.5 Å². The Hall–Kier alpha value is -0.320. The van der Waals surface area contributed by atoms with Crippen molar-refractivity contribution in [2.75, 3.05) is 21.3 Å². The van der Waals surface area contributed by atoms with Crippen LogP contribution in [0.4, 0.5) is 0 Å². The average Bonchev–Trinajstić information content (AvgIpc) is 2.64. The van der Waals surface area contributed by atoms with Crippen molar-refractivity contribution >= 4 is 17.2 Å². The summed E-state index contributed by atoms with van der Waals surface area (Å²) in [5, 5.41) is 0. The van der Waals surface area contributed by atoms with Crippen molar-refractivity contribution in [1.29, 1.82) is 0 Å². The van der Waals surface area contributed by atoms with Crippen molar-refractivity contribution < 1.29 is 27.9 Å². The molecule has 1 aromatic rings. The van der Waals surface area contributed by atoms with Crippen LogP contribution in [0.5, 0.6) is 5.75 Å². The first-order chi connectivity index (χ1) is 12.6. The second-order valence-electron chi connectivity index (χ2n) is 5.63. The zero-order valence-electron chi connectivity index (χ0n) is 16.4. The molecule has 2 N–H and O–H groups in total. The lowest BCUT2D eigenvalue weighted by atomic mass is 10.0. The van der Waals surface area contributed by atoms with Crippen LogP contribution in [0, 0.1) is 0 Å². The van der Waals surface area contributed by atoms with Gasteiger partial charge in [0.1, 0.15) is 5.75 Å². The molecule has 0 amide bonds. The van der Waals surface area contributed by atoms with Crippen molar-refractivity contribution in [3.8, 4) is 5.75 Å². The Morgan fingerprint density at radius 1 is 0.769 bits per heavy atom. The predicted octanol–water partition coefficient (Wildman–Crippen LogP) is 5.72. The third-order valence-electron chi connectivity index (χ3n) is 3.63. The standard InChI is InChI=1S/C15H25O3P.C3H9O3P/c1-2-3-4-5-6-7-8-9-14-10-12-15(13-11-14)18-19(16)17;1-4-7(5-2)6-3/h10-13,16-17H,2-9H2,1H3;1-3H3. The molecular formula is C18H34O6P2. The number of benzene rings is 1. The highest BCUT2D eigenvalue weighted by Crippen LogP contribution is 2.35. The van der Waals surface area contributed by atoms with E-state index < -0.39 is 17.2 Å². The number of hydrogen-bond acceptors (Lipinski definition) is 6. The lowest BCUT2D eigenvalue weighted by Crippen LogP contribution is -1.88. The van der Waals surface area contributed by atoms with Gasteiger partial charge in [0.15, 0.2) is 0 Å². The van der Waals surface area contributed by atoms with Gasteiger partial charge in [0.2, 0.25) is 0 Å². The Balaban J connectivity index is 0.000000758. The Bertz CT molecular complexity index is 407. The molecule has 0 radical (unpaired) electrons. The van der Waals surface area contributed by atoms with Gasteiger partial charge in [-0.1, -0.05) is 57.6 Å². The SMILES string of the molecule is CCCCCCCCCc1ccc(OP(O)O)cc1.COP(OC)OC. The van der Waals surface area contributed by atoms with E-state index in [9.17, 15) is 0 Å². The van der Waals surface area contributed by atoms with E-state index in [0.717, 1.165) is 6.42 Å². The molecule has 0 saturated carbocycles. The third-order valence-corrected chi connectivity index (χ3v) is 4.90. The highest BCUT2D eigenvalue weighted by atomic mass is 31.2. The van der Waals surface area contributed by atoms with Crippen LogP contribution in [-0.4, -0.2) is 31.1 Å². The molecule has 0 fully saturated rings. The summed E-state index contributed by atoms with van der Waals surface area (Å²) in [5.74, 6) is 0.513. The summed E-state index contributed by atoms with van der Waals surface area (Å²) in [7, 11) is 1.26. The van der Waals surface area contributed by atoms with Crippen molar-refractivity contribution in [2.24, 2.45) is 0 Å². The normalized spacial score (nSPS) is 10.8. The topological polar surface area (TPSA) is 77.4 Å². The summed E-state index contributed by atoms with van der Waals surface area (Å²) in [6.45, 7) is 2.24. The number of rotatable bonds is 13. The Labute approximate surface area is 160 Å². The molecule has 26 heavy (non-hydrogen) atoms. The first-order valence-electron chi connectivity index (χ1n) is 8.94. The molecule has 0 atom stereocenters. The molecule has 8 heteroatoms. The van der Waals surface area contributed by atoms with E-state index in [2.05, 4.69) is 20.5 Å². The van der Waals surface area contributed by atoms with Crippen molar-refractivity contribution in [1.82, 2.24) is 0 Å². The fraction of sp³-hybridized carbons (Fsp3) is 0.667. The molecule has 0 unspecified atom stereocenters. The zero-order valence-corrected chi connectivity index (χ0v) is 18.2. The highest BCUT2D eigenvalue weighted by molar-refractivity contribution is 7.41. The minimum atomic E-state index is -2.31. The molecular weight excluding hydrogens is 374 g/mol. The molecule has 0 bridgehead atoms. The van der Waals surface area contributed by atoms with E-state index in [1.807, 2.05) is 12.1 Å². The Morgan fingerprint density at radius 2 is 1.27 bits per heavy atom. The minimum Gasteiger partial charge on any atom is -0.427 e. The van der Waals surface area contributed by atoms with Crippen LogP contribution in [-0.2, 0) is 20.0 Å². The second kappa shape index (κ2) is 18.1. The largest absolute Gasteiger partial charge is 0.427 e. The van der Waals surface area contributed by atoms with Crippen LogP contribution in [0.25, 0.3) is 0 Å². The molecule has 0 aliphatic heterocycles. The van der Waals surface area contributed by atoms with Gasteiger partial charge in [-0.3, -0.25) is 0 Å². The maximum atomic E-state index is 8.74. The van der Waals surface area contributed by atoms with Gasteiger partial charge in [-0.2, -0.15) is 0 Å². The molecule has 0 heterocycles. The van der Waals surface area contributed by atoms with Gasteiger partial charge in [0.05, 0.1) is 0 Å². The van der Waals surface area contributed by atoms with Crippen LogP contribution in [0.3, 0.4) is 0 Å². The zero-order chi connectivity index (χ0) is 19.6. The summed E-state index contributed by atoms with van der Waals surface area (Å²) < 4.78 is 18.8. The smallest absolute Gasteiger partial charge is 0.391 e. The van der Waals surface area contributed by atoms with Gasteiger partial charge in [0.25, 0.3) is 0 Å². The highest BCUT2D eigenvalue weighted by Gasteiger charge is 2.02. The molecule has 0 saturated heterocycles. The maximum Gasteiger partial charge on any atom is 0.391 e. The molecule has 0 spiro atoms. The molecule has 1 aromatic carbocycles. The van der Waals surface area contributed by atoms with Crippen LogP contribution in [0.1, 0.15) is 57.4 Å². The van der Waals surface area contributed by atoms with Crippen LogP contribution in [0.2, 0.25) is 0 Å². The monoisotopic (exact) mass is 408 g/mol. The van der Waals surface area contributed by atoms with Gasteiger partial charge in [-0.25, -0.2) is 0 Å². The predicted molar refractivity (Wildman–Crippen MR) is 108 cm³/mol. The third kappa shape index (κ3) is 14.8. The lowest BCUT2D eigenvalue weighted by molar-refractivity contribution is 0.239. The summed E-state index contributed by atoms with van der Waals surface area (Å²) in [6.07, 6.45) is 10.3. The van der Waals surface area contributed by atoms with E-state index in [1.165, 1.54) is 50.5 Å². The second-order valence-corrected chi connectivity index (χ2v) is 7.86. The van der Waals surface area contributed by atoms with Crippen LogP contribution >= 0.6 is 17.2 Å². The van der Waals surface area contributed by atoms with Gasteiger partial charge < -0.3 is 27.9 Å². The number of unbranched alkanes of at least 4 members (excludes halogenated alkanes) is 6. The van der Waals surface area contributed by atoms with Crippen LogP contribution in [0.15, 0.2) is 24.3 Å². The van der Waals surface area contributed by atoms with E-state index in [-0.39, 0.29) is 0 Å². The fourth-order valence-corrected chi connectivity index (χ4v) is 3.08. The fourth-order valence-electron chi connectivity index (χ4n) is 2.32. The van der Waals surface area contributed by atoms with Crippen LogP contribution < -0.4 is 4.52 Å². The molecule has 1 rings (SSSR count). The average molecular weight is 408 g/mol. The van der Waals surface area contributed by atoms with Crippen molar-refractivity contribution in [3.63, 3.8) is 0 Å². The summed E-state index contributed by atoms with van der Waals surface area (Å²) >= 11 is 0. The Kier molecular flexibility index (Phi) is 17.8. The van der Waals surface area contributed by atoms with Gasteiger partial charge in [-0.15, -0.1) is 0 Å². The van der Waals surface area contributed by atoms with E-state index in [0.29, 0.717) is 5.75 Å². The summed E-state index contributed by atoms with van der Waals surface area (Å²) in [5.41, 5.74) is 1.28. The minimum absolute atomic E-state index is 0.513. The number of hydrogen-bond donors (Lipinski definition) is 2. The molecule has 6 nitrogen and oxygen atoms in total. The van der Waals surface area contributed by atoms with E-state index >= 15 is 0 Å². The quantitative estimate of drug-likeness (QED) is 0.321. The first kappa shape index (κ1) is 25.7. The van der Waals surface area contributed by atoms with Gasteiger partial charge >= 0.3 is 17.2 Å². The summed E-state index contributed by atoms with van der Waals surface area (Å²) in [4.78, 5) is 17.5. The molecule has 0 aliphatic rings. The Morgan fingerprint density at radius 3 is 1.69 bits per heavy atom.